The summed E-state index contributed by atoms with van der Waals surface area (Å²) < 4.78 is 0. The van der Waals surface area contributed by atoms with Gasteiger partial charge in [-0.25, -0.2) is 4.79 Å². The van der Waals surface area contributed by atoms with Crippen LogP contribution in [-0.2, 0) is 28.8 Å². The Bertz CT molecular complexity index is 828. The second-order valence-corrected chi connectivity index (χ2v) is 12.4. The van der Waals surface area contributed by atoms with Gasteiger partial charge in [0, 0.05) is 44.8 Å². The lowest BCUT2D eigenvalue weighted by molar-refractivity contribution is -0.200. The van der Waals surface area contributed by atoms with Crippen molar-refractivity contribution in [3.63, 3.8) is 0 Å². The van der Waals surface area contributed by atoms with Crippen LogP contribution in [0.5, 0.6) is 0 Å². The standard InChI is InChI=1S/C32H55N3O6/c1-5-25(30(38)33-27-18-16-14-12-10-8-6-7-9-11-13-15-17-19-27)23-26(31(39)34(3)4)22-24(2)32(40)41-35-28(36)20-21-29(35)37/h24-27H,5-23H2,1-4H3,(H,33,38). The van der Waals surface area contributed by atoms with Crippen molar-refractivity contribution in [2.24, 2.45) is 17.8 Å². The van der Waals surface area contributed by atoms with E-state index in [1.165, 1.54) is 69.1 Å². The lowest BCUT2D eigenvalue weighted by Gasteiger charge is -2.28. The van der Waals surface area contributed by atoms with E-state index in [-0.39, 0.29) is 43.0 Å². The Hall–Kier alpha value is -2.45. The second-order valence-electron chi connectivity index (χ2n) is 12.4. The highest BCUT2D eigenvalue weighted by Gasteiger charge is 2.36. The fourth-order valence-electron chi connectivity index (χ4n) is 5.98. The van der Waals surface area contributed by atoms with Gasteiger partial charge in [-0.2, -0.15) is 0 Å². The summed E-state index contributed by atoms with van der Waals surface area (Å²) in [4.78, 5) is 69.6. The molecule has 0 radical (unpaired) electrons. The van der Waals surface area contributed by atoms with E-state index < -0.39 is 29.6 Å². The van der Waals surface area contributed by atoms with Crippen molar-refractivity contribution in [3.05, 3.63) is 0 Å². The monoisotopic (exact) mass is 577 g/mol. The van der Waals surface area contributed by atoms with Crippen LogP contribution in [0.2, 0.25) is 0 Å². The van der Waals surface area contributed by atoms with E-state index in [1.807, 2.05) is 6.92 Å². The molecule has 3 unspecified atom stereocenters. The number of hydrogen-bond acceptors (Lipinski definition) is 6. The first-order valence-corrected chi connectivity index (χ1v) is 16.2. The molecule has 41 heavy (non-hydrogen) atoms. The molecular formula is C32H55N3O6. The zero-order valence-electron chi connectivity index (χ0n) is 26.1. The minimum absolute atomic E-state index is 0.0181. The fourth-order valence-corrected chi connectivity index (χ4v) is 5.98. The molecule has 0 aromatic rings. The lowest BCUT2D eigenvalue weighted by Crippen LogP contribution is -2.41. The second kappa shape index (κ2) is 18.9. The summed E-state index contributed by atoms with van der Waals surface area (Å²) in [6.07, 6.45) is 18.2. The molecule has 3 atom stereocenters. The van der Waals surface area contributed by atoms with Gasteiger partial charge in [0.1, 0.15) is 0 Å². The van der Waals surface area contributed by atoms with E-state index in [1.54, 1.807) is 21.0 Å². The van der Waals surface area contributed by atoms with E-state index in [0.29, 0.717) is 17.9 Å². The number of hydroxylamine groups is 2. The first-order chi connectivity index (χ1) is 19.6. The zero-order valence-corrected chi connectivity index (χ0v) is 26.1. The predicted octanol–water partition coefficient (Wildman–Crippen LogP) is 5.70. The van der Waals surface area contributed by atoms with Crippen molar-refractivity contribution < 1.29 is 28.8 Å². The number of rotatable bonds is 10. The maximum absolute atomic E-state index is 13.5. The Labute approximate surface area is 247 Å². The van der Waals surface area contributed by atoms with Crippen molar-refractivity contribution in [1.29, 1.82) is 0 Å². The molecule has 1 aliphatic carbocycles. The van der Waals surface area contributed by atoms with Crippen molar-refractivity contribution >= 4 is 29.6 Å². The Morgan fingerprint density at radius 2 is 1.27 bits per heavy atom. The van der Waals surface area contributed by atoms with Crippen LogP contribution in [0.25, 0.3) is 0 Å². The van der Waals surface area contributed by atoms with E-state index >= 15 is 0 Å². The van der Waals surface area contributed by atoms with Gasteiger partial charge in [-0.3, -0.25) is 19.2 Å². The molecule has 1 saturated carbocycles. The van der Waals surface area contributed by atoms with E-state index in [9.17, 15) is 24.0 Å². The number of amides is 4. The van der Waals surface area contributed by atoms with Gasteiger partial charge in [-0.15, -0.1) is 5.06 Å². The van der Waals surface area contributed by atoms with Gasteiger partial charge in [0.15, 0.2) is 0 Å². The molecular weight excluding hydrogens is 522 g/mol. The topological polar surface area (TPSA) is 113 Å². The van der Waals surface area contributed by atoms with Crippen molar-refractivity contribution in [3.8, 4) is 0 Å². The molecule has 9 heteroatoms. The first kappa shape index (κ1) is 34.7. The number of nitrogens with zero attached hydrogens (tertiary/aromatic N) is 2. The van der Waals surface area contributed by atoms with Crippen molar-refractivity contribution in [2.75, 3.05) is 14.1 Å². The van der Waals surface area contributed by atoms with Crippen LogP contribution in [0.1, 0.15) is 136 Å². The average molecular weight is 578 g/mol. The van der Waals surface area contributed by atoms with Crippen LogP contribution in [-0.4, -0.2) is 59.7 Å². The zero-order chi connectivity index (χ0) is 30.2. The highest BCUT2D eigenvalue weighted by molar-refractivity contribution is 6.01. The molecule has 0 aromatic carbocycles. The predicted molar refractivity (Wildman–Crippen MR) is 158 cm³/mol. The molecule has 1 heterocycles. The average Bonchev–Trinajstić information content (AvgIpc) is 3.25. The minimum atomic E-state index is -0.727. The maximum Gasteiger partial charge on any atom is 0.335 e. The Balaban J connectivity index is 2.00. The summed E-state index contributed by atoms with van der Waals surface area (Å²) in [7, 11) is 3.33. The fraction of sp³-hybridized carbons (Fsp3) is 0.844. The van der Waals surface area contributed by atoms with Crippen LogP contribution in [0.15, 0.2) is 0 Å². The summed E-state index contributed by atoms with van der Waals surface area (Å²) >= 11 is 0. The van der Waals surface area contributed by atoms with Crippen LogP contribution >= 0.6 is 0 Å². The molecule has 2 fully saturated rings. The normalized spacial score (nSPS) is 20.8. The number of imide groups is 1. The van der Waals surface area contributed by atoms with Crippen molar-refractivity contribution in [1.82, 2.24) is 15.3 Å². The van der Waals surface area contributed by atoms with Gasteiger partial charge in [-0.05, 0) is 32.1 Å². The van der Waals surface area contributed by atoms with Crippen LogP contribution < -0.4 is 5.32 Å². The summed E-state index contributed by atoms with van der Waals surface area (Å²) in [5.74, 6) is -3.62. The third-order valence-electron chi connectivity index (χ3n) is 8.65. The van der Waals surface area contributed by atoms with E-state index in [4.69, 9.17) is 4.84 Å². The SMILES string of the molecule is CCC(CC(CC(C)C(=O)ON1C(=O)CCC1=O)C(=O)N(C)C)C(=O)NC1CCCCCCCCCCCCCC1. The Morgan fingerprint density at radius 3 is 1.71 bits per heavy atom. The third-order valence-corrected chi connectivity index (χ3v) is 8.65. The van der Waals surface area contributed by atoms with E-state index in [0.717, 1.165) is 25.7 Å². The summed E-state index contributed by atoms with van der Waals surface area (Å²) in [5.41, 5.74) is 0. The van der Waals surface area contributed by atoms with Crippen molar-refractivity contribution in [2.45, 2.75) is 142 Å². The maximum atomic E-state index is 13.5. The quantitative estimate of drug-likeness (QED) is 0.333. The van der Waals surface area contributed by atoms with Crippen LogP contribution in [0.4, 0.5) is 0 Å². The molecule has 9 nitrogen and oxygen atoms in total. The van der Waals surface area contributed by atoms with Gasteiger partial charge in [0.2, 0.25) is 11.8 Å². The number of hydrogen-bond donors (Lipinski definition) is 1. The number of carbonyl (C=O) groups is 5. The first-order valence-electron chi connectivity index (χ1n) is 16.2. The minimum Gasteiger partial charge on any atom is -0.353 e. The van der Waals surface area contributed by atoms with Gasteiger partial charge < -0.3 is 15.1 Å². The summed E-state index contributed by atoms with van der Waals surface area (Å²) in [5, 5.41) is 3.87. The number of carbonyl (C=O) groups excluding carboxylic acids is 5. The number of nitrogens with one attached hydrogen (secondary N) is 1. The highest BCUT2D eigenvalue weighted by Crippen LogP contribution is 2.27. The lowest BCUT2D eigenvalue weighted by atomic mass is 9.84. The molecule has 0 aromatic heterocycles. The molecule has 4 amide bonds. The summed E-state index contributed by atoms with van der Waals surface area (Å²) in [6.45, 7) is 3.58. The third kappa shape index (κ3) is 12.5. The largest absolute Gasteiger partial charge is 0.353 e. The smallest absolute Gasteiger partial charge is 0.335 e. The van der Waals surface area contributed by atoms with Gasteiger partial charge in [-0.1, -0.05) is 90.9 Å². The van der Waals surface area contributed by atoms with Gasteiger partial charge in [0.25, 0.3) is 11.8 Å². The molecule has 1 aliphatic heterocycles. The van der Waals surface area contributed by atoms with Gasteiger partial charge in [0.05, 0.1) is 5.92 Å². The summed E-state index contributed by atoms with van der Waals surface area (Å²) in [6, 6.07) is 0.147. The molecule has 2 aliphatic rings. The molecule has 2 rings (SSSR count). The van der Waals surface area contributed by atoms with Crippen LogP contribution in [0.3, 0.4) is 0 Å². The highest BCUT2D eigenvalue weighted by atomic mass is 16.7. The van der Waals surface area contributed by atoms with E-state index in [2.05, 4.69) is 5.32 Å². The van der Waals surface area contributed by atoms with Crippen LogP contribution in [0, 0.1) is 17.8 Å². The Morgan fingerprint density at radius 1 is 0.805 bits per heavy atom. The van der Waals surface area contributed by atoms with Gasteiger partial charge >= 0.3 is 5.97 Å². The molecule has 0 spiro atoms. The molecule has 234 valence electrons. The Kier molecular flexibility index (Phi) is 16.0. The molecule has 1 saturated heterocycles. The molecule has 0 bridgehead atoms. The molecule has 1 N–H and O–H groups in total.